The minimum Gasteiger partial charge on any atom is -0.870 e. The van der Waals surface area contributed by atoms with Crippen LogP contribution in [0.4, 0.5) is 0 Å². The Morgan fingerprint density at radius 3 is 0.800 bits per heavy atom. The molecule has 0 saturated carbocycles. The van der Waals surface area contributed by atoms with Crippen molar-refractivity contribution in [1.29, 1.82) is 0 Å². The molecule has 1 N–H and O–H groups in total. The van der Waals surface area contributed by atoms with E-state index in [4.69, 9.17) is 19.2 Å². The first-order valence-corrected chi connectivity index (χ1v) is 2.19. The topological polar surface area (TPSA) is 116 Å². The Labute approximate surface area is 178 Å². The van der Waals surface area contributed by atoms with Crippen LogP contribution in [-0.4, -0.2) is 156 Å². The van der Waals surface area contributed by atoms with Crippen molar-refractivity contribution in [1.82, 2.24) is 0 Å². The van der Waals surface area contributed by atoms with Gasteiger partial charge in [0.2, 0.25) is 0 Å². The molecule has 0 unspecified atom stereocenters. The Hall–Kier alpha value is 5.11. The summed E-state index contributed by atoms with van der Waals surface area (Å²) in [6.45, 7) is 0. The van der Waals surface area contributed by atoms with E-state index in [9.17, 15) is 0 Å². The molecule has 0 radical (unpaired) electrons. The monoisotopic (exact) mass is 272 g/mol. The van der Waals surface area contributed by atoms with Crippen LogP contribution < -0.4 is 14.7 Å². The van der Waals surface area contributed by atoms with Crippen LogP contribution in [0.5, 0.6) is 0 Å². The third kappa shape index (κ3) is 73.6. The molecule has 0 heterocycles. The molecule has 0 amide bonds. The average molecular weight is 272 g/mol. The molecule has 0 aromatic carbocycles. The molecule has 10 heavy (non-hydrogen) atoms. The van der Waals surface area contributed by atoms with Gasteiger partial charge in [-0.15, -0.1) is 0 Å². The summed E-state index contributed by atoms with van der Waals surface area (Å²) in [5.74, 6) is 0. The van der Waals surface area contributed by atoms with Crippen molar-refractivity contribution in [2.75, 3.05) is 0 Å². The third-order valence-corrected chi connectivity index (χ3v) is 0. The number of rotatable bonds is 0. The van der Waals surface area contributed by atoms with Gasteiger partial charge in [-0.25, -0.2) is 0 Å². The van der Waals surface area contributed by atoms with E-state index in [0.717, 1.165) is 0 Å². The summed E-state index contributed by atoms with van der Waals surface area (Å²) in [5, 5.41) is 0. The van der Waals surface area contributed by atoms with Gasteiger partial charge in [0.25, 0.3) is 0 Å². The first kappa shape index (κ1) is 36.2. The summed E-state index contributed by atoms with van der Waals surface area (Å²) in [6, 6.07) is 0. The van der Waals surface area contributed by atoms with Gasteiger partial charge in [0.1, 0.15) is 0 Å². The van der Waals surface area contributed by atoms with Crippen LogP contribution in [0.25, 0.3) is 0 Å². The molecule has 5 nitrogen and oxygen atoms in total. The van der Waals surface area contributed by atoms with Crippen molar-refractivity contribution in [2.24, 2.45) is 0 Å². The zero-order valence-corrected chi connectivity index (χ0v) is 15.1. The first-order chi connectivity index (χ1) is 2.00. The van der Waals surface area contributed by atoms with Crippen LogP contribution in [0, 0.1) is 0 Å². The zero-order chi connectivity index (χ0) is 4.50. The predicted octanol–water partition coefficient (Wildman–Crippen LogP) is -4.52. The Bertz CT molecular complexity index is 59.8. The van der Waals surface area contributed by atoms with Gasteiger partial charge in [-0.05, 0) is 0 Å². The molecule has 0 spiro atoms. The smallest absolute Gasteiger partial charge is 0.870 e. The van der Waals surface area contributed by atoms with E-state index in [1.807, 2.05) is 0 Å². The van der Waals surface area contributed by atoms with Crippen molar-refractivity contribution >= 4 is 159 Å². The third-order valence-electron chi connectivity index (χ3n) is 0. The second-order valence-electron chi connectivity index (χ2n) is 0.447. The quantitative estimate of drug-likeness (QED) is 0.325. The molecule has 0 aliphatic rings. The van der Waals surface area contributed by atoms with E-state index in [2.05, 4.69) is 0 Å². The van der Waals surface area contributed by atoms with E-state index in [1.54, 1.807) is 0 Å². The average Bonchev–Trinajstić information content (AvgIpc) is 0.722. The van der Waals surface area contributed by atoms with E-state index in [-0.39, 0.29) is 156 Å². The Kier molecular flexibility index (Phi) is 71.2. The summed E-state index contributed by atoms with van der Waals surface area (Å²) in [4.78, 5) is 25.6. The molecular weight excluding hydrogens is 271 g/mol. The molecule has 0 bridgehead atoms. The fraction of sp³-hybridized carbons (Fsp3) is 0. The SMILES string of the molecule is O=P([O-])([O-])[O-].[Ca+2].[Ca+2].[Ca+2].[Ca+2].[OH-]. The number of hydrogen-bond donors (Lipinski definition) is 0. The Morgan fingerprint density at radius 1 is 0.800 bits per heavy atom. The minimum atomic E-state index is -5.39. The van der Waals surface area contributed by atoms with E-state index in [1.165, 1.54) is 0 Å². The van der Waals surface area contributed by atoms with Gasteiger partial charge >= 0.3 is 151 Å². The van der Waals surface area contributed by atoms with Crippen molar-refractivity contribution in [3.8, 4) is 0 Å². The molecule has 0 saturated heterocycles. The van der Waals surface area contributed by atoms with Crippen molar-refractivity contribution < 1.29 is 24.7 Å². The molecule has 40 valence electrons. The van der Waals surface area contributed by atoms with Gasteiger partial charge in [0.15, 0.2) is 0 Å². The van der Waals surface area contributed by atoms with Gasteiger partial charge in [-0.3, -0.25) is 0 Å². The van der Waals surface area contributed by atoms with Crippen LogP contribution >= 0.6 is 7.82 Å². The van der Waals surface area contributed by atoms with Crippen LogP contribution in [0.1, 0.15) is 0 Å². The summed E-state index contributed by atoms with van der Waals surface area (Å²) in [5.41, 5.74) is 0. The molecule has 0 aromatic heterocycles. The van der Waals surface area contributed by atoms with Crippen LogP contribution in [0.2, 0.25) is 0 Å². The number of hydrogen-bond acceptors (Lipinski definition) is 5. The maximum absolute atomic E-state index is 8.55. The van der Waals surface area contributed by atoms with E-state index >= 15 is 0 Å². The zero-order valence-electron chi connectivity index (χ0n) is 5.36. The molecule has 0 atom stereocenters. The van der Waals surface area contributed by atoms with Crippen molar-refractivity contribution in [3.05, 3.63) is 0 Å². The molecule has 0 aliphatic heterocycles. The second-order valence-corrected chi connectivity index (χ2v) is 1.34. The summed E-state index contributed by atoms with van der Waals surface area (Å²) in [6.07, 6.45) is 0. The van der Waals surface area contributed by atoms with Gasteiger partial charge in [0, 0.05) is 0 Å². The van der Waals surface area contributed by atoms with Crippen LogP contribution in [0.15, 0.2) is 0 Å². The first-order valence-electron chi connectivity index (χ1n) is 0.730. The maximum Gasteiger partial charge on any atom is 2.00 e. The van der Waals surface area contributed by atoms with Crippen LogP contribution in [0.3, 0.4) is 0 Å². The van der Waals surface area contributed by atoms with Crippen molar-refractivity contribution in [2.45, 2.75) is 0 Å². The van der Waals surface area contributed by atoms with Gasteiger partial charge in [-0.1, -0.05) is 0 Å². The standard InChI is InChI=1S/4Ca.H3O4P.H2O/c;;;;1-5(2,3)4;/h;;;;(H3,1,2,3,4);1H2/q4*+2;;/p-4. The molecule has 0 fully saturated rings. The molecule has 0 aliphatic carbocycles. The fourth-order valence-electron chi connectivity index (χ4n) is 0. The fourth-order valence-corrected chi connectivity index (χ4v) is 0. The van der Waals surface area contributed by atoms with Crippen LogP contribution in [-0.2, 0) is 4.57 Å². The van der Waals surface area contributed by atoms with Crippen molar-refractivity contribution in [3.63, 3.8) is 0 Å². The molecule has 0 aromatic rings. The van der Waals surface area contributed by atoms with Gasteiger partial charge in [0.05, 0.1) is 0 Å². The largest absolute Gasteiger partial charge is 2.00 e. The molecule has 0 rings (SSSR count). The maximum atomic E-state index is 8.55. The predicted molar refractivity (Wildman–Crippen MR) is 32.6 cm³/mol. The summed E-state index contributed by atoms with van der Waals surface area (Å²) >= 11 is 0. The summed E-state index contributed by atoms with van der Waals surface area (Å²) in [7, 11) is -5.39. The summed E-state index contributed by atoms with van der Waals surface area (Å²) < 4.78 is 8.55. The van der Waals surface area contributed by atoms with E-state index in [0.29, 0.717) is 0 Å². The van der Waals surface area contributed by atoms with E-state index < -0.39 is 7.82 Å². The second kappa shape index (κ2) is 19.6. The number of phosphoric acid groups is 1. The Balaban J connectivity index is -0.00000000800. The minimum absolute atomic E-state index is 0. The molecular formula is HCa4O5P+4. The Morgan fingerprint density at radius 2 is 0.800 bits per heavy atom. The normalized spacial score (nSPS) is 5.90. The van der Waals surface area contributed by atoms with Gasteiger partial charge < -0.3 is 24.7 Å². The molecule has 10 heteroatoms. The van der Waals surface area contributed by atoms with Gasteiger partial charge in [-0.2, -0.15) is 7.82 Å².